The molecule has 1 unspecified atom stereocenters. The summed E-state index contributed by atoms with van der Waals surface area (Å²) in [6.07, 6.45) is 5.31. The van der Waals surface area contributed by atoms with E-state index < -0.39 is 0 Å². The molecule has 1 atom stereocenters. The summed E-state index contributed by atoms with van der Waals surface area (Å²) in [5, 5.41) is 3.32. The van der Waals surface area contributed by atoms with Gasteiger partial charge in [-0.25, -0.2) is 9.97 Å². The van der Waals surface area contributed by atoms with Gasteiger partial charge in [-0.3, -0.25) is 0 Å². The maximum absolute atomic E-state index is 5.33. The normalized spacial score (nSPS) is 11.8. The van der Waals surface area contributed by atoms with Crippen molar-refractivity contribution < 1.29 is 9.47 Å². The smallest absolute Gasteiger partial charge is 0.226 e. The lowest BCUT2D eigenvalue weighted by Crippen LogP contribution is -2.18. The average Bonchev–Trinajstić information content (AvgIpc) is 3.05. The Bertz CT molecular complexity index is 818. The molecule has 0 spiro atoms. The van der Waals surface area contributed by atoms with Gasteiger partial charge in [0.15, 0.2) is 0 Å². The summed E-state index contributed by atoms with van der Waals surface area (Å²) in [5.74, 6) is 2.58. The third-order valence-electron chi connectivity index (χ3n) is 3.66. The summed E-state index contributed by atoms with van der Waals surface area (Å²) in [6.45, 7) is 0. The third kappa shape index (κ3) is 3.29. The Morgan fingerprint density at radius 1 is 1.08 bits per heavy atom. The van der Waals surface area contributed by atoms with E-state index in [9.17, 15) is 0 Å². The van der Waals surface area contributed by atoms with E-state index >= 15 is 0 Å². The van der Waals surface area contributed by atoms with Crippen LogP contribution in [0.3, 0.4) is 0 Å². The second-order valence-corrected chi connectivity index (χ2v) is 5.17. The summed E-state index contributed by atoms with van der Waals surface area (Å²) in [5.41, 5.74) is 0.995. The molecule has 7 heteroatoms. The Labute approximate surface area is 140 Å². The highest BCUT2D eigenvalue weighted by atomic mass is 16.5. The molecule has 0 radical (unpaired) electrons. The highest BCUT2D eigenvalue weighted by molar-refractivity contribution is 5.40. The van der Waals surface area contributed by atoms with Gasteiger partial charge in [0.2, 0.25) is 11.8 Å². The molecular formula is C17H19N5O2. The third-order valence-corrected chi connectivity index (χ3v) is 3.66. The van der Waals surface area contributed by atoms with E-state index in [2.05, 4.69) is 20.3 Å². The zero-order valence-electron chi connectivity index (χ0n) is 13.8. The largest absolute Gasteiger partial charge is 0.497 e. The summed E-state index contributed by atoms with van der Waals surface area (Å²) < 4.78 is 12.4. The number of aromatic nitrogens is 4. The van der Waals surface area contributed by atoms with Crippen LogP contribution in [0.2, 0.25) is 0 Å². The average molecular weight is 325 g/mol. The second kappa shape index (κ2) is 6.99. The van der Waals surface area contributed by atoms with Crippen LogP contribution >= 0.6 is 0 Å². The Kier molecular flexibility index (Phi) is 4.60. The van der Waals surface area contributed by atoms with Gasteiger partial charge >= 0.3 is 0 Å². The number of hydrogen-bond acceptors (Lipinski definition) is 6. The van der Waals surface area contributed by atoms with Crippen molar-refractivity contribution in [2.24, 2.45) is 7.05 Å². The van der Waals surface area contributed by atoms with Gasteiger partial charge in [0.05, 0.1) is 14.2 Å². The van der Waals surface area contributed by atoms with Gasteiger partial charge in [0.1, 0.15) is 17.6 Å². The first-order valence-electron chi connectivity index (χ1n) is 7.46. The lowest BCUT2D eigenvalue weighted by Gasteiger charge is -2.19. The molecule has 0 fully saturated rings. The van der Waals surface area contributed by atoms with Crippen molar-refractivity contribution in [3.63, 3.8) is 0 Å². The molecular weight excluding hydrogens is 306 g/mol. The molecule has 3 rings (SSSR count). The van der Waals surface area contributed by atoms with Gasteiger partial charge in [0.25, 0.3) is 0 Å². The van der Waals surface area contributed by atoms with Gasteiger partial charge in [-0.1, -0.05) is 12.1 Å². The molecule has 3 aromatic rings. The molecule has 2 heterocycles. The fourth-order valence-electron chi connectivity index (χ4n) is 2.43. The van der Waals surface area contributed by atoms with E-state index in [1.165, 1.54) is 0 Å². The maximum atomic E-state index is 5.33. The number of aryl methyl sites for hydroxylation is 1. The van der Waals surface area contributed by atoms with Gasteiger partial charge in [-0.15, -0.1) is 0 Å². The van der Waals surface area contributed by atoms with Crippen LogP contribution in [-0.4, -0.2) is 33.7 Å². The van der Waals surface area contributed by atoms with Crippen molar-refractivity contribution in [1.82, 2.24) is 19.5 Å². The Morgan fingerprint density at radius 2 is 1.96 bits per heavy atom. The SMILES string of the molecule is COc1cccc(C(Nc2nccc(OC)n2)c2nccn2C)c1. The highest BCUT2D eigenvalue weighted by Crippen LogP contribution is 2.27. The molecule has 1 N–H and O–H groups in total. The number of hydrogen-bond donors (Lipinski definition) is 1. The lowest BCUT2D eigenvalue weighted by atomic mass is 10.1. The Hall–Kier alpha value is -3.09. The molecule has 2 aromatic heterocycles. The molecule has 0 aliphatic heterocycles. The predicted molar refractivity (Wildman–Crippen MR) is 90.3 cm³/mol. The van der Waals surface area contributed by atoms with Crippen LogP contribution in [0.1, 0.15) is 17.4 Å². The summed E-state index contributed by atoms with van der Waals surface area (Å²) in [7, 11) is 5.17. The van der Waals surface area contributed by atoms with E-state index in [-0.39, 0.29) is 6.04 Å². The maximum Gasteiger partial charge on any atom is 0.226 e. The fourth-order valence-corrected chi connectivity index (χ4v) is 2.43. The van der Waals surface area contributed by atoms with Gasteiger partial charge in [0, 0.05) is 31.7 Å². The van der Waals surface area contributed by atoms with Crippen LogP contribution in [-0.2, 0) is 7.05 Å². The molecule has 0 aliphatic rings. The van der Waals surface area contributed by atoms with Gasteiger partial charge in [-0.2, -0.15) is 4.98 Å². The number of nitrogens with zero attached hydrogens (tertiary/aromatic N) is 4. The van der Waals surface area contributed by atoms with Crippen molar-refractivity contribution in [3.8, 4) is 11.6 Å². The molecule has 24 heavy (non-hydrogen) atoms. The van der Waals surface area contributed by atoms with Gasteiger partial charge in [-0.05, 0) is 17.7 Å². The van der Waals surface area contributed by atoms with E-state index in [0.717, 1.165) is 17.1 Å². The van der Waals surface area contributed by atoms with Crippen LogP contribution < -0.4 is 14.8 Å². The molecule has 7 nitrogen and oxygen atoms in total. The van der Waals surface area contributed by atoms with Crippen molar-refractivity contribution in [1.29, 1.82) is 0 Å². The Morgan fingerprint density at radius 3 is 2.67 bits per heavy atom. The van der Waals surface area contributed by atoms with Crippen LogP contribution in [0, 0.1) is 0 Å². The monoisotopic (exact) mass is 325 g/mol. The van der Waals surface area contributed by atoms with Crippen molar-refractivity contribution in [2.75, 3.05) is 19.5 Å². The summed E-state index contributed by atoms with van der Waals surface area (Å²) >= 11 is 0. The second-order valence-electron chi connectivity index (χ2n) is 5.17. The number of ether oxygens (including phenoxy) is 2. The quantitative estimate of drug-likeness (QED) is 0.750. The van der Waals surface area contributed by atoms with E-state index in [1.807, 2.05) is 42.1 Å². The van der Waals surface area contributed by atoms with E-state index in [1.54, 1.807) is 32.7 Å². The minimum Gasteiger partial charge on any atom is -0.497 e. The zero-order valence-corrected chi connectivity index (χ0v) is 13.8. The zero-order chi connectivity index (χ0) is 16.9. The number of anilines is 1. The lowest BCUT2D eigenvalue weighted by molar-refractivity contribution is 0.397. The van der Waals surface area contributed by atoms with E-state index in [4.69, 9.17) is 9.47 Å². The number of methoxy groups -OCH3 is 2. The van der Waals surface area contributed by atoms with Crippen molar-refractivity contribution in [3.05, 3.63) is 60.3 Å². The fraction of sp³-hybridized carbons (Fsp3) is 0.235. The first-order chi connectivity index (χ1) is 11.7. The Balaban J connectivity index is 2.00. The molecule has 0 saturated carbocycles. The molecule has 1 aromatic carbocycles. The molecule has 0 saturated heterocycles. The summed E-state index contributed by atoms with van der Waals surface area (Å²) in [4.78, 5) is 13.0. The number of benzene rings is 1. The van der Waals surface area contributed by atoms with Crippen molar-refractivity contribution in [2.45, 2.75) is 6.04 Å². The minimum atomic E-state index is -0.229. The molecule has 0 bridgehead atoms. The topological polar surface area (TPSA) is 74.1 Å². The number of imidazole rings is 1. The van der Waals surface area contributed by atoms with Crippen LogP contribution in [0.25, 0.3) is 0 Å². The number of nitrogens with one attached hydrogen (secondary N) is 1. The summed E-state index contributed by atoms with van der Waals surface area (Å²) in [6, 6.07) is 9.29. The van der Waals surface area contributed by atoms with Gasteiger partial charge < -0.3 is 19.4 Å². The van der Waals surface area contributed by atoms with Crippen LogP contribution in [0.5, 0.6) is 11.6 Å². The van der Waals surface area contributed by atoms with Crippen LogP contribution in [0.4, 0.5) is 5.95 Å². The van der Waals surface area contributed by atoms with E-state index in [0.29, 0.717) is 11.8 Å². The van der Waals surface area contributed by atoms with Crippen molar-refractivity contribution >= 4 is 5.95 Å². The molecule has 0 amide bonds. The first kappa shape index (κ1) is 15.8. The molecule has 124 valence electrons. The first-order valence-corrected chi connectivity index (χ1v) is 7.46. The highest BCUT2D eigenvalue weighted by Gasteiger charge is 2.20. The number of rotatable bonds is 6. The predicted octanol–water partition coefficient (Wildman–Crippen LogP) is 2.43. The minimum absolute atomic E-state index is 0.229. The van der Waals surface area contributed by atoms with Crippen LogP contribution in [0.15, 0.2) is 48.9 Å². The standard InChI is InChI=1S/C17H19N5O2/c1-22-10-9-18-16(22)15(12-5-4-6-13(11-12)23-2)21-17-19-8-7-14(20-17)24-3/h4-11,15H,1-3H3,(H,19,20,21). The molecule has 0 aliphatic carbocycles.